The fourth-order valence-corrected chi connectivity index (χ4v) is 4.26. The fourth-order valence-electron chi connectivity index (χ4n) is 2.85. The van der Waals surface area contributed by atoms with E-state index in [-0.39, 0.29) is 31.9 Å². The first-order valence-electron chi connectivity index (χ1n) is 9.96. The molecular weight excluding hydrogens is 471 g/mol. The largest absolute Gasteiger partial charge is 0.466 e. The number of carbonyl (C=O) groups is 2. The Morgan fingerprint density at radius 2 is 1.88 bits per heavy atom. The highest BCUT2D eigenvalue weighted by molar-refractivity contribution is 7.98. The molecule has 0 unspecified atom stereocenters. The molecule has 0 aliphatic rings. The third kappa shape index (κ3) is 6.72. The van der Waals surface area contributed by atoms with Gasteiger partial charge in [0.25, 0.3) is 0 Å². The average molecular weight is 493 g/mol. The zero-order chi connectivity index (χ0) is 22.9. The minimum atomic E-state index is -0.404. The highest BCUT2D eigenvalue weighted by Gasteiger charge is 2.18. The number of nitrogens with one attached hydrogen (secondary N) is 1. The van der Waals surface area contributed by atoms with Crippen LogP contribution in [0, 0.1) is 0 Å². The summed E-state index contributed by atoms with van der Waals surface area (Å²) >= 11 is 14.0. The number of rotatable bonds is 10. The van der Waals surface area contributed by atoms with Crippen molar-refractivity contribution >= 4 is 46.8 Å². The first-order chi connectivity index (χ1) is 15.5. The molecule has 1 N–H and O–H groups in total. The summed E-state index contributed by atoms with van der Waals surface area (Å²) < 4.78 is 6.65. The van der Waals surface area contributed by atoms with Crippen molar-refractivity contribution in [3.05, 3.63) is 70.0 Å². The van der Waals surface area contributed by atoms with E-state index in [1.165, 1.54) is 11.8 Å². The minimum absolute atomic E-state index is 0.0214. The molecule has 2 aromatic carbocycles. The Morgan fingerprint density at radius 3 is 2.59 bits per heavy atom. The van der Waals surface area contributed by atoms with E-state index in [0.29, 0.717) is 32.5 Å². The van der Waals surface area contributed by atoms with Crippen molar-refractivity contribution in [1.29, 1.82) is 0 Å². The molecule has 0 bridgehead atoms. The van der Waals surface area contributed by atoms with Crippen molar-refractivity contribution in [3.8, 4) is 5.69 Å². The number of thioether (sulfide) groups is 1. The van der Waals surface area contributed by atoms with Gasteiger partial charge < -0.3 is 10.1 Å². The molecule has 0 saturated heterocycles. The Balaban J connectivity index is 1.77. The molecule has 1 heterocycles. The van der Waals surface area contributed by atoms with Gasteiger partial charge >= 0.3 is 5.97 Å². The third-order valence-corrected chi connectivity index (χ3v) is 5.90. The Kier molecular flexibility index (Phi) is 8.96. The van der Waals surface area contributed by atoms with Crippen molar-refractivity contribution in [3.63, 3.8) is 0 Å². The quantitative estimate of drug-likeness (QED) is 0.322. The highest BCUT2D eigenvalue weighted by atomic mass is 35.5. The lowest BCUT2D eigenvalue weighted by Gasteiger charge is -2.13. The second-order valence-corrected chi connectivity index (χ2v) is 8.47. The van der Waals surface area contributed by atoms with Crippen LogP contribution < -0.4 is 5.32 Å². The summed E-state index contributed by atoms with van der Waals surface area (Å²) in [4.78, 5) is 23.6. The maximum Gasteiger partial charge on any atom is 0.306 e. The zero-order valence-electron chi connectivity index (χ0n) is 17.4. The Morgan fingerprint density at radius 1 is 1.09 bits per heavy atom. The van der Waals surface area contributed by atoms with Gasteiger partial charge in [0.05, 0.1) is 30.3 Å². The van der Waals surface area contributed by atoms with E-state index >= 15 is 0 Å². The summed E-state index contributed by atoms with van der Waals surface area (Å²) in [5, 5.41) is 12.9. The molecule has 0 saturated carbocycles. The topological polar surface area (TPSA) is 86.1 Å². The second-order valence-electron chi connectivity index (χ2n) is 6.69. The van der Waals surface area contributed by atoms with Crippen LogP contribution in [-0.4, -0.2) is 33.2 Å². The van der Waals surface area contributed by atoms with Gasteiger partial charge in [0, 0.05) is 17.2 Å². The molecule has 168 valence electrons. The molecule has 0 spiro atoms. The second kappa shape index (κ2) is 11.9. The molecule has 3 aromatic rings. The van der Waals surface area contributed by atoms with E-state index in [4.69, 9.17) is 27.9 Å². The van der Waals surface area contributed by atoms with Gasteiger partial charge in [-0.15, -0.1) is 10.2 Å². The number of hydrogen-bond donors (Lipinski definition) is 1. The maximum absolute atomic E-state index is 12.2. The van der Waals surface area contributed by atoms with Gasteiger partial charge in [0.15, 0.2) is 11.0 Å². The highest BCUT2D eigenvalue weighted by Crippen LogP contribution is 2.30. The molecule has 7 nitrogen and oxygen atoms in total. The molecule has 0 aliphatic carbocycles. The fraction of sp³-hybridized carbons (Fsp3) is 0.273. The van der Waals surface area contributed by atoms with Crippen LogP contribution in [0.4, 0.5) is 0 Å². The molecule has 0 fully saturated rings. The molecule has 32 heavy (non-hydrogen) atoms. The van der Waals surface area contributed by atoms with Crippen molar-refractivity contribution in [2.45, 2.75) is 37.2 Å². The lowest BCUT2D eigenvalue weighted by Crippen LogP contribution is -2.25. The van der Waals surface area contributed by atoms with Crippen LogP contribution in [-0.2, 0) is 26.6 Å². The number of amides is 1. The average Bonchev–Trinajstić information content (AvgIpc) is 3.18. The summed E-state index contributed by atoms with van der Waals surface area (Å²) in [6.45, 7) is 2.13. The van der Waals surface area contributed by atoms with E-state index in [0.717, 1.165) is 5.56 Å². The number of nitrogens with zero attached hydrogens (tertiary/aromatic N) is 3. The number of halogens is 2. The van der Waals surface area contributed by atoms with Crippen LogP contribution in [0.25, 0.3) is 5.69 Å². The van der Waals surface area contributed by atoms with E-state index in [9.17, 15) is 9.59 Å². The van der Waals surface area contributed by atoms with Gasteiger partial charge in [0.1, 0.15) is 0 Å². The lowest BCUT2D eigenvalue weighted by molar-refractivity contribution is -0.144. The van der Waals surface area contributed by atoms with Crippen LogP contribution in [0.5, 0.6) is 0 Å². The molecule has 3 rings (SSSR count). The summed E-state index contributed by atoms with van der Waals surface area (Å²) in [7, 11) is 0. The van der Waals surface area contributed by atoms with Gasteiger partial charge in [-0.1, -0.05) is 65.3 Å². The smallest absolute Gasteiger partial charge is 0.306 e. The van der Waals surface area contributed by atoms with Gasteiger partial charge in [-0.05, 0) is 30.7 Å². The third-order valence-electron chi connectivity index (χ3n) is 4.37. The number of ether oxygens (including phenoxy) is 1. The minimum Gasteiger partial charge on any atom is -0.466 e. The summed E-state index contributed by atoms with van der Waals surface area (Å²) in [5.74, 6) is 0.511. The molecule has 0 radical (unpaired) electrons. The summed E-state index contributed by atoms with van der Waals surface area (Å²) in [6.07, 6.45) is 0.0534. The Hall–Kier alpha value is -2.55. The Bertz CT molecular complexity index is 1080. The number of hydrogen-bond acceptors (Lipinski definition) is 6. The van der Waals surface area contributed by atoms with Gasteiger partial charge in [-0.3, -0.25) is 14.2 Å². The van der Waals surface area contributed by atoms with Crippen LogP contribution in [0.2, 0.25) is 10.0 Å². The first kappa shape index (κ1) is 24.1. The predicted molar refractivity (Wildman–Crippen MR) is 125 cm³/mol. The van der Waals surface area contributed by atoms with Crippen molar-refractivity contribution in [2.75, 3.05) is 6.61 Å². The molecule has 1 aromatic heterocycles. The maximum atomic E-state index is 12.2. The van der Waals surface area contributed by atoms with E-state index in [1.54, 1.807) is 29.7 Å². The molecule has 0 aliphatic heterocycles. The van der Waals surface area contributed by atoms with E-state index in [1.807, 2.05) is 30.3 Å². The summed E-state index contributed by atoms with van der Waals surface area (Å²) in [5.41, 5.74) is 1.80. The molecular formula is C22H22Cl2N4O3S. The number of aromatic nitrogens is 3. The van der Waals surface area contributed by atoms with Crippen molar-refractivity contribution in [2.24, 2.45) is 0 Å². The molecule has 10 heteroatoms. The Labute approximate surface area is 200 Å². The van der Waals surface area contributed by atoms with Gasteiger partial charge in [-0.25, -0.2) is 0 Å². The molecule has 0 atom stereocenters. The predicted octanol–water partition coefficient (Wildman–Crippen LogP) is 4.83. The molecule has 1 amide bonds. The van der Waals surface area contributed by atoms with Gasteiger partial charge in [0.2, 0.25) is 5.91 Å². The summed E-state index contributed by atoms with van der Waals surface area (Å²) in [6, 6.07) is 15.2. The van der Waals surface area contributed by atoms with Crippen LogP contribution >= 0.6 is 35.0 Å². The van der Waals surface area contributed by atoms with Gasteiger partial charge in [-0.2, -0.15) is 0 Å². The van der Waals surface area contributed by atoms with Crippen LogP contribution in [0.1, 0.15) is 31.2 Å². The van der Waals surface area contributed by atoms with Crippen LogP contribution in [0.3, 0.4) is 0 Å². The van der Waals surface area contributed by atoms with Crippen molar-refractivity contribution < 1.29 is 14.3 Å². The lowest BCUT2D eigenvalue weighted by atomic mass is 10.2. The number of carbonyl (C=O) groups excluding carboxylic acids is 2. The zero-order valence-corrected chi connectivity index (χ0v) is 19.7. The van der Waals surface area contributed by atoms with Crippen molar-refractivity contribution in [1.82, 2.24) is 20.1 Å². The number of benzene rings is 2. The first-order valence-corrected chi connectivity index (χ1v) is 11.7. The number of esters is 1. The van der Waals surface area contributed by atoms with E-state index in [2.05, 4.69) is 15.5 Å². The monoisotopic (exact) mass is 492 g/mol. The SMILES string of the molecule is CCOC(=O)CCC(=O)NCc1nnc(SCc2ccccc2)n1-c1ccc(Cl)cc1Cl. The van der Waals surface area contributed by atoms with E-state index < -0.39 is 5.97 Å². The standard InChI is InChI=1S/C22H22Cl2N4O3S/c1-2-31-21(30)11-10-20(29)25-13-19-26-27-22(32-14-15-6-4-3-5-7-15)28(19)18-9-8-16(23)12-17(18)24/h3-9,12H,2,10-11,13-14H2,1H3,(H,25,29). The van der Waals surface area contributed by atoms with Crippen LogP contribution in [0.15, 0.2) is 53.7 Å². The normalized spacial score (nSPS) is 10.7.